The number of hydrogen-bond donors (Lipinski definition) is 1. The SMILES string of the molecule is CC1(CNC2CCc3cccnc32)CCC1. The average Bonchev–Trinajstić information content (AvgIpc) is 2.67. The van der Waals surface area contributed by atoms with E-state index in [1.165, 1.54) is 43.4 Å². The molecule has 1 atom stereocenters. The van der Waals surface area contributed by atoms with Gasteiger partial charge < -0.3 is 5.32 Å². The lowest BCUT2D eigenvalue weighted by Gasteiger charge is -2.39. The number of nitrogens with one attached hydrogen (secondary N) is 1. The molecule has 1 unspecified atom stereocenters. The molecular formula is C14H20N2. The van der Waals surface area contributed by atoms with E-state index in [-0.39, 0.29) is 0 Å². The molecule has 0 amide bonds. The second kappa shape index (κ2) is 3.85. The molecule has 2 nitrogen and oxygen atoms in total. The highest BCUT2D eigenvalue weighted by atomic mass is 15.0. The lowest BCUT2D eigenvalue weighted by Crippen LogP contribution is -2.38. The van der Waals surface area contributed by atoms with Crippen molar-refractivity contribution in [2.45, 2.75) is 45.1 Å². The molecule has 0 aromatic carbocycles. The largest absolute Gasteiger partial charge is 0.308 e. The minimum absolute atomic E-state index is 0.508. The van der Waals surface area contributed by atoms with Crippen LogP contribution in [-0.2, 0) is 6.42 Å². The maximum Gasteiger partial charge on any atom is 0.0605 e. The molecule has 1 saturated carbocycles. The molecule has 1 N–H and O–H groups in total. The Morgan fingerprint density at radius 2 is 2.38 bits per heavy atom. The number of hydrogen-bond acceptors (Lipinski definition) is 2. The van der Waals surface area contributed by atoms with E-state index in [2.05, 4.69) is 29.4 Å². The third kappa shape index (κ3) is 1.75. The first-order valence-electron chi connectivity index (χ1n) is 6.44. The first-order chi connectivity index (χ1) is 7.77. The minimum atomic E-state index is 0.508. The Labute approximate surface area is 97.5 Å². The topological polar surface area (TPSA) is 24.9 Å². The van der Waals surface area contributed by atoms with Crippen LogP contribution in [0.2, 0.25) is 0 Å². The highest BCUT2D eigenvalue weighted by Gasteiger charge is 2.33. The van der Waals surface area contributed by atoms with Crippen LogP contribution in [0.3, 0.4) is 0 Å². The Hall–Kier alpha value is -0.890. The van der Waals surface area contributed by atoms with Crippen molar-refractivity contribution in [3.05, 3.63) is 29.6 Å². The zero-order chi connectivity index (χ0) is 11.0. The molecular weight excluding hydrogens is 196 g/mol. The van der Waals surface area contributed by atoms with Crippen LogP contribution in [-0.4, -0.2) is 11.5 Å². The zero-order valence-electron chi connectivity index (χ0n) is 10.00. The van der Waals surface area contributed by atoms with Gasteiger partial charge in [-0.05, 0) is 42.7 Å². The molecule has 1 heterocycles. The molecule has 3 rings (SSSR count). The summed E-state index contributed by atoms with van der Waals surface area (Å²) in [6.45, 7) is 3.56. The first kappa shape index (κ1) is 10.3. The number of aryl methyl sites for hydroxylation is 1. The molecule has 0 bridgehead atoms. The fraction of sp³-hybridized carbons (Fsp3) is 0.643. The summed E-state index contributed by atoms with van der Waals surface area (Å²) in [6.07, 6.45) is 8.53. The maximum absolute atomic E-state index is 4.52. The van der Waals surface area contributed by atoms with Crippen molar-refractivity contribution in [1.82, 2.24) is 10.3 Å². The Morgan fingerprint density at radius 3 is 3.12 bits per heavy atom. The molecule has 1 aromatic rings. The smallest absolute Gasteiger partial charge is 0.0605 e. The van der Waals surface area contributed by atoms with Crippen LogP contribution in [0.1, 0.15) is 49.9 Å². The number of fused-ring (bicyclic) bond motifs is 1. The maximum atomic E-state index is 4.52. The van der Waals surface area contributed by atoms with Gasteiger partial charge in [-0.15, -0.1) is 0 Å². The molecule has 0 aliphatic heterocycles. The monoisotopic (exact) mass is 216 g/mol. The number of nitrogens with zero attached hydrogens (tertiary/aromatic N) is 1. The lowest BCUT2D eigenvalue weighted by molar-refractivity contribution is 0.150. The Kier molecular flexibility index (Phi) is 2.47. The predicted molar refractivity (Wildman–Crippen MR) is 65.3 cm³/mol. The number of pyridine rings is 1. The van der Waals surface area contributed by atoms with E-state index in [1.54, 1.807) is 0 Å². The minimum Gasteiger partial charge on any atom is -0.308 e. The van der Waals surface area contributed by atoms with Gasteiger partial charge in [0.1, 0.15) is 0 Å². The zero-order valence-corrected chi connectivity index (χ0v) is 10.00. The summed E-state index contributed by atoms with van der Waals surface area (Å²) < 4.78 is 0. The summed E-state index contributed by atoms with van der Waals surface area (Å²) in [5, 5.41) is 3.72. The molecule has 1 aromatic heterocycles. The van der Waals surface area contributed by atoms with Crippen LogP contribution in [0.15, 0.2) is 18.3 Å². The second-order valence-corrected chi connectivity index (χ2v) is 5.68. The molecule has 0 saturated heterocycles. The van der Waals surface area contributed by atoms with Gasteiger partial charge >= 0.3 is 0 Å². The van der Waals surface area contributed by atoms with Gasteiger partial charge in [0.2, 0.25) is 0 Å². The second-order valence-electron chi connectivity index (χ2n) is 5.68. The molecule has 2 aliphatic rings. The van der Waals surface area contributed by atoms with E-state index in [0.717, 1.165) is 6.54 Å². The number of rotatable bonds is 3. The van der Waals surface area contributed by atoms with Crippen molar-refractivity contribution in [1.29, 1.82) is 0 Å². The van der Waals surface area contributed by atoms with Gasteiger partial charge in [0, 0.05) is 12.7 Å². The van der Waals surface area contributed by atoms with Gasteiger partial charge in [0.05, 0.1) is 11.7 Å². The molecule has 86 valence electrons. The third-order valence-corrected chi connectivity index (χ3v) is 4.29. The summed E-state index contributed by atoms with van der Waals surface area (Å²) in [6, 6.07) is 4.78. The van der Waals surface area contributed by atoms with Gasteiger partial charge in [-0.1, -0.05) is 19.4 Å². The van der Waals surface area contributed by atoms with Gasteiger partial charge in [0.15, 0.2) is 0 Å². The standard InChI is InChI=1S/C14H20N2/c1-14(7-3-8-14)10-16-12-6-5-11-4-2-9-15-13(11)12/h2,4,9,12,16H,3,5-8,10H2,1H3. The molecule has 0 radical (unpaired) electrons. The van der Waals surface area contributed by atoms with E-state index >= 15 is 0 Å². The number of aromatic nitrogens is 1. The van der Waals surface area contributed by atoms with Crippen LogP contribution >= 0.6 is 0 Å². The molecule has 0 spiro atoms. The van der Waals surface area contributed by atoms with E-state index in [0.29, 0.717) is 11.5 Å². The summed E-state index contributed by atoms with van der Waals surface area (Å²) in [7, 11) is 0. The Morgan fingerprint density at radius 1 is 1.50 bits per heavy atom. The molecule has 1 fully saturated rings. The van der Waals surface area contributed by atoms with E-state index in [9.17, 15) is 0 Å². The van der Waals surface area contributed by atoms with Crippen molar-refractivity contribution in [2.24, 2.45) is 5.41 Å². The average molecular weight is 216 g/mol. The Balaban J connectivity index is 1.65. The van der Waals surface area contributed by atoms with Crippen molar-refractivity contribution in [3.63, 3.8) is 0 Å². The molecule has 2 heteroatoms. The third-order valence-electron chi connectivity index (χ3n) is 4.29. The first-order valence-corrected chi connectivity index (χ1v) is 6.44. The predicted octanol–water partition coefficient (Wildman–Crippen LogP) is 2.85. The van der Waals surface area contributed by atoms with Gasteiger partial charge in [-0.25, -0.2) is 0 Å². The van der Waals surface area contributed by atoms with Crippen LogP contribution in [0.4, 0.5) is 0 Å². The van der Waals surface area contributed by atoms with Crippen molar-refractivity contribution < 1.29 is 0 Å². The van der Waals surface area contributed by atoms with Crippen molar-refractivity contribution in [2.75, 3.05) is 6.54 Å². The van der Waals surface area contributed by atoms with Crippen molar-refractivity contribution in [3.8, 4) is 0 Å². The van der Waals surface area contributed by atoms with Crippen LogP contribution in [0.25, 0.3) is 0 Å². The van der Waals surface area contributed by atoms with Crippen LogP contribution in [0, 0.1) is 5.41 Å². The van der Waals surface area contributed by atoms with Crippen LogP contribution < -0.4 is 5.32 Å². The molecule has 16 heavy (non-hydrogen) atoms. The van der Waals surface area contributed by atoms with Crippen LogP contribution in [0.5, 0.6) is 0 Å². The van der Waals surface area contributed by atoms with Gasteiger partial charge in [0.25, 0.3) is 0 Å². The highest BCUT2D eigenvalue weighted by Crippen LogP contribution is 2.40. The van der Waals surface area contributed by atoms with Gasteiger partial charge in [-0.2, -0.15) is 0 Å². The van der Waals surface area contributed by atoms with Gasteiger partial charge in [-0.3, -0.25) is 4.98 Å². The summed E-state index contributed by atoms with van der Waals surface area (Å²) in [5.74, 6) is 0. The van der Waals surface area contributed by atoms with E-state index in [1.807, 2.05) is 6.20 Å². The fourth-order valence-electron chi connectivity index (χ4n) is 2.94. The summed E-state index contributed by atoms with van der Waals surface area (Å²) in [5.41, 5.74) is 3.31. The summed E-state index contributed by atoms with van der Waals surface area (Å²) in [4.78, 5) is 4.52. The van der Waals surface area contributed by atoms with Crippen molar-refractivity contribution >= 4 is 0 Å². The normalized spacial score (nSPS) is 26.2. The Bertz CT molecular complexity index is 382. The highest BCUT2D eigenvalue weighted by molar-refractivity contribution is 5.27. The quantitative estimate of drug-likeness (QED) is 0.840. The summed E-state index contributed by atoms with van der Waals surface area (Å²) >= 11 is 0. The van der Waals surface area contributed by atoms with E-state index < -0.39 is 0 Å². The fourth-order valence-corrected chi connectivity index (χ4v) is 2.94. The lowest BCUT2D eigenvalue weighted by atomic mass is 9.70. The van der Waals surface area contributed by atoms with E-state index in [4.69, 9.17) is 0 Å². The molecule has 2 aliphatic carbocycles.